The molecule has 9 amide bonds. The number of carbonyl (C=O) groups is 9. The van der Waals surface area contributed by atoms with Crippen molar-refractivity contribution in [1.82, 2.24) is 46.6 Å². The highest BCUT2D eigenvalue weighted by Gasteiger charge is 2.48. The molecular formula is C82H151N9O34P2. The van der Waals surface area contributed by atoms with Gasteiger partial charge >= 0.3 is 15.6 Å². The Labute approximate surface area is 745 Å². The maximum atomic E-state index is 13.9. The Kier molecular flexibility index (Phi) is 58.0. The number of nitrogens with zero attached hydrogens (tertiary/aromatic N) is 3. The molecule has 18 N–H and O–H groups in total. The average molecular weight is 1870 g/mol. The van der Waals surface area contributed by atoms with E-state index in [9.17, 15) is 113 Å². The third-order valence-corrected chi connectivity index (χ3v) is 24.5. The Bertz CT molecular complexity index is 3240. The summed E-state index contributed by atoms with van der Waals surface area (Å²) in [5.74, 6) is -1.49. The molecule has 738 valence electrons. The second-order valence-electron chi connectivity index (χ2n) is 33.1. The fourth-order valence-electron chi connectivity index (χ4n) is 15.1. The van der Waals surface area contributed by atoms with Gasteiger partial charge in [0.05, 0.1) is 59.5 Å². The molecule has 0 aromatic rings. The van der Waals surface area contributed by atoms with E-state index in [1.54, 1.807) is 0 Å². The smallest absolute Gasteiger partial charge is 0.395 e. The van der Waals surface area contributed by atoms with Crippen LogP contribution >= 0.6 is 15.6 Å². The van der Waals surface area contributed by atoms with Crippen LogP contribution in [0.15, 0.2) is 0 Å². The summed E-state index contributed by atoms with van der Waals surface area (Å²) in [5.41, 5.74) is 0. The van der Waals surface area contributed by atoms with Crippen LogP contribution in [0.1, 0.15) is 214 Å². The summed E-state index contributed by atoms with van der Waals surface area (Å²) < 4.78 is 87.9. The number of carbonyl (C=O) groups excluding carboxylic acids is 9. The quantitative estimate of drug-likeness (QED) is 0.0277. The normalized spacial score (nSPS) is 25.3. The number of amides is 9. The maximum absolute atomic E-state index is 13.9. The van der Waals surface area contributed by atoms with Crippen LogP contribution in [0.3, 0.4) is 0 Å². The van der Waals surface area contributed by atoms with Crippen molar-refractivity contribution in [3.8, 4) is 0 Å². The molecule has 43 nitrogen and oxygen atoms in total. The van der Waals surface area contributed by atoms with Crippen LogP contribution < -0.4 is 31.9 Å². The largest absolute Gasteiger partial charge is 0.472 e. The summed E-state index contributed by atoms with van der Waals surface area (Å²) in [5, 5.41) is 117. The molecule has 3 aliphatic heterocycles. The number of unbranched alkanes of at least 4 members (excludes halogenated alkanes) is 12. The number of aliphatic hydroxyl groups is 10. The first-order valence-corrected chi connectivity index (χ1v) is 48.2. The molecule has 4 aliphatic rings. The molecule has 0 aromatic heterocycles. The number of hydrogen-bond donors (Lipinski definition) is 18. The molecule has 17 unspecified atom stereocenters. The van der Waals surface area contributed by atoms with E-state index in [4.69, 9.17) is 51.3 Å². The number of ether oxygens (including phenoxy) is 7. The number of nitrogens with one attached hydrogen (secondary N) is 6. The van der Waals surface area contributed by atoms with E-state index >= 15 is 0 Å². The first-order valence-electron chi connectivity index (χ1n) is 45.2. The molecule has 127 heavy (non-hydrogen) atoms. The minimum Gasteiger partial charge on any atom is -0.395 e. The Balaban J connectivity index is 1.25. The number of hydrogen-bond acceptors (Lipinski definition) is 32. The minimum atomic E-state index is -4.87. The standard InChI is InChI=1S/C82H151N9O34P2/c1-56(2)61-32-30-60(31-33-61)55-115-47-38-90(69(103)28-16-7-19-35-84-66(100)25-13-10-22-45-117-81-72(87-58(4)97)78(109)75(106)63(53-94)124-81)40-49-120-127(113,114)122-51-42-91(70(104)29-17-8-20-36-85-67(101)26-14-11-23-46-118-82-73(88-59(5)98)79(110)76(107)64(54-95)125-82)41-50-121-126(111,112)119-48-39-89(37-43-92)68(102)27-15-6-18-34-83-65(99)24-12-9-21-44-116-80-71(86-57(3)96)77(108)74(105)62(52-93)123-80/h56,60-64,71-82,92-95,105-110H,6-55H2,1-5H3,(H,83,99)(H,84,100)(H,85,101)(H,86,96)(H,87,97)(H,88,98)(H,111,112)(H,113,114). The lowest BCUT2D eigenvalue weighted by atomic mass is 9.77. The van der Waals surface area contributed by atoms with Crippen molar-refractivity contribution in [2.75, 3.05) is 145 Å². The summed E-state index contributed by atoms with van der Waals surface area (Å²) in [6.07, 6.45) is -1.08. The van der Waals surface area contributed by atoms with Crippen LogP contribution in [-0.2, 0) is 104 Å². The Morgan fingerprint density at radius 2 is 0.654 bits per heavy atom. The van der Waals surface area contributed by atoms with E-state index in [2.05, 4.69) is 45.7 Å². The van der Waals surface area contributed by atoms with Gasteiger partial charge in [0.15, 0.2) is 18.9 Å². The van der Waals surface area contributed by atoms with E-state index in [0.29, 0.717) is 153 Å². The van der Waals surface area contributed by atoms with Gasteiger partial charge in [-0.3, -0.25) is 61.2 Å². The molecule has 0 spiro atoms. The van der Waals surface area contributed by atoms with E-state index < -0.39 is 184 Å². The molecule has 3 saturated heterocycles. The SMILES string of the molecule is CC(=O)NC1C(OCCCCCC(=O)NCCCCCC(=O)N(CCO)CCOP(=O)(O)OCCN(CCOP(=O)(O)OCCN(CCOCC2CCC(C(C)C)CC2)C(=O)CCCCCNC(=O)CCCCCOC2OC(CO)C(O)C(O)C2NC(C)=O)C(=O)CCCCCNC(=O)CCCCCOC2OC(CO)C(O)C(O)C2NC(C)=O)OC(CO)C(O)C1O. The van der Waals surface area contributed by atoms with Gasteiger partial charge in [-0.15, -0.1) is 0 Å². The monoisotopic (exact) mass is 1870 g/mol. The number of phosphoric acid groups is 2. The summed E-state index contributed by atoms with van der Waals surface area (Å²) >= 11 is 0. The van der Waals surface area contributed by atoms with Gasteiger partial charge in [-0.25, -0.2) is 9.13 Å². The van der Waals surface area contributed by atoms with Crippen molar-refractivity contribution in [2.24, 2.45) is 17.8 Å². The van der Waals surface area contributed by atoms with E-state index in [1.165, 1.54) is 35.5 Å². The fraction of sp³-hybridized carbons (Fsp3) is 0.890. The summed E-state index contributed by atoms with van der Waals surface area (Å²) in [7, 11) is -9.74. The molecule has 1 aliphatic carbocycles. The second-order valence-corrected chi connectivity index (χ2v) is 36.0. The third-order valence-electron chi connectivity index (χ3n) is 22.5. The van der Waals surface area contributed by atoms with Crippen LogP contribution in [-0.4, -0.2) is 365 Å². The van der Waals surface area contributed by atoms with E-state index in [-0.39, 0.29) is 140 Å². The summed E-state index contributed by atoms with van der Waals surface area (Å²) in [4.78, 5) is 140. The van der Waals surface area contributed by atoms with Crippen molar-refractivity contribution in [1.29, 1.82) is 0 Å². The van der Waals surface area contributed by atoms with Crippen molar-refractivity contribution < 1.29 is 164 Å². The average Bonchev–Trinajstić information content (AvgIpc) is 0.816. The summed E-state index contributed by atoms with van der Waals surface area (Å²) in [6.45, 7) is 5.12. The van der Waals surface area contributed by atoms with Crippen LogP contribution in [0.25, 0.3) is 0 Å². The van der Waals surface area contributed by atoms with Crippen molar-refractivity contribution in [2.45, 2.75) is 306 Å². The molecule has 0 bridgehead atoms. The lowest BCUT2D eigenvalue weighted by molar-refractivity contribution is -0.270. The molecule has 0 aromatic carbocycles. The topological polar surface area (TPSA) is 614 Å². The highest BCUT2D eigenvalue weighted by Crippen LogP contribution is 2.44. The molecular weight excluding hydrogens is 1720 g/mol. The number of rotatable bonds is 69. The lowest BCUT2D eigenvalue weighted by Crippen LogP contribution is -2.64. The molecule has 1 saturated carbocycles. The van der Waals surface area contributed by atoms with Crippen molar-refractivity contribution in [3.63, 3.8) is 0 Å². The molecule has 0 radical (unpaired) electrons. The van der Waals surface area contributed by atoms with Gasteiger partial charge in [-0.1, -0.05) is 52.4 Å². The van der Waals surface area contributed by atoms with Gasteiger partial charge < -0.3 is 141 Å². The predicted molar refractivity (Wildman–Crippen MR) is 455 cm³/mol. The van der Waals surface area contributed by atoms with Gasteiger partial charge in [-0.2, -0.15) is 0 Å². The van der Waals surface area contributed by atoms with Crippen LogP contribution in [0.2, 0.25) is 0 Å². The zero-order valence-electron chi connectivity index (χ0n) is 74.8. The Morgan fingerprint density at radius 3 is 0.937 bits per heavy atom. The first-order chi connectivity index (χ1) is 60.6. The summed E-state index contributed by atoms with van der Waals surface area (Å²) in [6, 6.07) is -3.21. The van der Waals surface area contributed by atoms with Crippen LogP contribution in [0, 0.1) is 17.8 Å². The lowest BCUT2D eigenvalue weighted by Gasteiger charge is -2.42. The number of phosphoric ester groups is 2. The minimum absolute atomic E-state index is 0.0546. The zero-order chi connectivity index (χ0) is 93.7. The van der Waals surface area contributed by atoms with Crippen LogP contribution in [0.4, 0.5) is 0 Å². The molecule has 17 atom stereocenters. The van der Waals surface area contributed by atoms with Crippen molar-refractivity contribution >= 4 is 68.8 Å². The molecule has 4 rings (SSSR count). The first kappa shape index (κ1) is 114. The highest BCUT2D eigenvalue weighted by molar-refractivity contribution is 7.47. The Hall–Kier alpha value is -5.23. The second kappa shape index (κ2) is 64.6. The zero-order valence-corrected chi connectivity index (χ0v) is 76.6. The van der Waals surface area contributed by atoms with E-state index in [0.717, 1.165) is 25.7 Å². The molecule has 4 fully saturated rings. The van der Waals surface area contributed by atoms with Gasteiger partial charge in [-0.05, 0) is 120 Å². The fourth-order valence-corrected chi connectivity index (χ4v) is 16.5. The number of aliphatic hydroxyl groups excluding tert-OH is 10. The maximum Gasteiger partial charge on any atom is 0.472 e. The molecule has 45 heteroatoms. The van der Waals surface area contributed by atoms with Gasteiger partial charge in [0, 0.05) is 145 Å². The van der Waals surface area contributed by atoms with Crippen molar-refractivity contribution in [3.05, 3.63) is 0 Å². The molecule has 3 heterocycles. The van der Waals surface area contributed by atoms with Gasteiger partial charge in [0.25, 0.3) is 0 Å². The van der Waals surface area contributed by atoms with Crippen LogP contribution in [0.5, 0.6) is 0 Å². The van der Waals surface area contributed by atoms with E-state index in [1.807, 2.05) is 0 Å². The van der Waals surface area contributed by atoms with Gasteiger partial charge in [0.1, 0.15) is 73.1 Å². The highest BCUT2D eigenvalue weighted by atomic mass is 31.2. The predicted octanol–water partition coefficient (Wildman–Crippen LogP) is -0.197. The van der Waals surface area contributed by atoms with Gasteiger partial charge in [0.2, 0.25) is 53.2 Å². The Morgan fingerprint density at radius 1 is 0.370 bits per heavy atom. The third kappa shape index (κ3) is 46.8.